The SMILES string of the molecule is CCCCCCCCCCCCCCCCCC([SiH2]OC)[N+](C)(C)CCC. The van der Waals surface area contributed by atoms with Gasteiger partial charge in [-0.2, -0.15) is 0 Å². The molecule has 164 valence electrons. The molecule has 3 heteroatoms. The number of rotatable bonds is 21. The fourth-order valence-electron chi connectivity index (χ4n) is 4.34. The molecule has 0 aliphatic carbocycles. The fourth-order valence-corrected chi connectivity index (χ4v) is 5.76. The van der Waals surface area contributed by atoms with E-state index in [1.165, 1.54) is 120 Å². The van der Waals surface area contributed by atoms with Gasteiger partial charge >= 0.3 is 0 Å². The molecule has 2 nitrogen and oxygen atoms in total. The molecule has 0 aromatic heterocycles. The molecule has 0 saturated heterocycles. The zero-order chi connectivity index (χ0) is 20.2. The van der Waals surface area contributed by atoms with Crippen molar-refractivity contribution in [2.75, 3.05) is 27.7 Å². The molecule has 0 heterocycles. The zero-order valence-electron chi connectivity index (χ0n) is 19.9. The Morgan fingerprint density at radius 3 is 1.41 bits per heavy atom. The predicted molar refractivity (Wildman–Crippen MR) is 126 cm³/mol. The summed E-state index contributed by atoms with van der Waals surface area (Å²) in [7, 11) is 6.35. The monoisotopic (exact) mass is 400 g/mol. The molecule has 0 fully saturated rings. The van der Waals surface area contributed by atoms with Gasteiger partial charge in [0, 0.05) is 7.11 Å². The van der Waals surface area contributed by atoms with Crippen LogP contribution in [0.25, 0.3) is 0 Å². The second-order valence-electron chi connectivity index (χ2n) is 9.35. The summed E-state index contributed by atoms with van der Waals surface area (Å²) in [5, 5.41) is 0. The highest BCUT2D eigenvalue weighted by Crippen LogP contribution is 2.17. The highest BCUT2D eigenvalue weighted by molar-refractivity contribution is 6.28. The summed E-state index contributed by atoms with van der Waals surface area (Å²) in [5.74, 6) is 0. The molecule has 0 aliphatic heterocycles. The number of hydrogen-bond donors (Lipinski definition) is 0. The van der Waals surface area contributed by atoms with Gasteiger partial charge in [-0.05, 0) is 19.3 Å². The lowest BCUT2D eigenvalue weighted by Gasteiger charge is -2.37. The fraction of sp³-hybridized carbons (Fsp3) is 1.00. The second-order valence-corrected chi connectivity index (χ2v) is 11.2. The number of hydrogen-bond acceptors (Lipinski definition) is 1. The van der Waals surface area contributed by atoms with Crippen LogP contribution in [0.1, 0.15) is 123 Å². The first-order chi connectivity index (χ1) is 13.1. The molecule has 0 saturated carbocycles. The van der Waals surface area contributed by atoms with Gasteiger partial charge in [-0.3, -0.25) is 0 Å². The Hall–Kier alpha value is 0.137. The molecule has 0 N–H and O–H groups in total. The Labute approximate surface area is 175 Å². The Balaban J connectivity index is 3.45. The first-order valence-electron chi connectivity index (χ1n) is 12.4. The molecule has 0 aliphatic rings. The number of nitrogens with zero attached hydrogens (tertiary/aromatic N) is 1. The third-order valence-electron chi connectivity index (χ3n) is 6.29. The minimum atomic E-state index is -0.381. The van der Waals surface area contributed by atoms with Gasteiger partial charge in [0.15, 0.2) is 0 Å². The van der Waals surface area contributed by atoms with E-state index < -0.39 is 0 Å². The van der Waals surface area contributed by atoms with Crippen LogP contribution in [0.4, 0.5) is 0 Å². The molecule has 0 amide bonds. The van der Waals surface area contributed by atoms with Crippen LogP contribution < -0.4 is 0 Å². The van der Waals surface area contributed by atoms with Gasteiger partial charge in [0.2, 0.25) is 9.76 Å². The summed E-state index contributed by atoms with van der Waals surface area (Å²) in [6, 6.07) is 0. The van der Waals surface area contributed by atoms with Crippen molar-refractivity contribution in [1.82, 2.24) is 0 Å². The average molecular weight is 401 g/mol. The number of quaternary nitrogens is 1. The van der Waals surface area contributed by atoms with Crippen molar-refractivity contribution >= 4 is 9.76 Å². The van der Waals surface area contributed by atoms with Crippen LogP contribution in [-0.2, 0) is 4.43 Å². The molecular weight excluding hydrogens is 346 g/mol. The van der Waals surface area contributed by atoms with Crippen LogP contribution in [-0.4, -0.2) is 47.7 Å². The van der Waals surface area contributed by atoms with Crippen molar-refractivity contribution < 1.29 is 8.91 Å². The van der Waals surface area contributed by atoms with Gasteiger partial charge in [0.1, 0.15) is 0 Å². The third kappa shape index (κ3) is 16.8. The van der Waals surface area contributed by atoms with Crippen molar-refractivity contribution in [3.63, 3.8) is 0 Å². The van der Waals surface area contributed by atoms with E-state index in [1.807, 2.05) is 7.11 Å². The standard InChI is InChI=1S/C24H54NOSi/c1-6-8-9-10-11-12-13-14-15-16-17-18-19-20-21-22-24(27-26-5)25(3,4)23-7-2/h24H,6-23,27H2,1-5H3/q+1. The predicted octanol–water partition coefficient (Wildman–Crippen LogP) is 6.79. The van der Waals surface area contributed by atoms with Gasteiger partial charge in [0.05, 0.1) is 26.3 Å². The maximum absolute atomic E-state index is 5.63. The van der Waals surface area contributed by atoms with E-state index in [-0.39, 0.29) is 9.76 Å². The van der Waals surface area contributed by atoms with Crippen LogP contribution in [0.15, 0.2) is 0 Å². The van der Waals surface area contributed by atoms with E-state index in [1.54, 1.807) is 0 Å². The van der Waals surface area contributed by atoms with Crippen molar-refractivity contribution in [1.29, 1.82) is 0 Å². The number of unbranched alkanes of at least 4 members (excludes halogenated alkanes) is 14. The Morgan fingerprint density at radius 1 is 0.630 bits per heavy atom. The topological polar surface area (TPSA) is 9.23 Å². The van der Waals surface area contributed by atoms with Crippen molar-refractivity contribution in [3.8, 4) is 0 Å². The smallest absolute Gasteiger partial charge is 0.224 e. The molecule has 1 unspecified atom stereocenters. The summed E-state index contributed by atoms with van der Waals surface area (Å²) in [5.41, 5.74) is 0.803. The van der Waals surface area contributed by atoms with E-state index in [0.717, 1.165) is 5.67 Å². The van der Waals surface area contributed by atoms with Gasteiger partial charge in [-0.1, -0.05) is 104 Å². The summed E-state index contributed by atoms with van der Waals surface area (Å²) in [6.07, 6.45) is 24.4. The molecule has 0 aromatic carbocycles. The van der Waals surface area contributed by atoms with Gasteiger partial charge in [0.25, 0.3) is 0 Å². The Kier molecular flexibility index (Phi) is 19.6. The maximum Gasteiger partial charge on any atom is 0.224 e. The minimum Gasteiger partial charge on any atom is -0.420 e. The largest absolute Gasteiger partial charge is 0.420 e. The lowest BCUT2D eigenvalue weighted by Crippen LogP contribution is -2.52. The molecular formula is C24H54NOSi+. The Morgan fingerprint density at radius 2 is 1.04 bits per heavy atom. The summed E-state index contributed by atoms with van der Waals surface area (Å²) < 4.78 is 6.81. The van der Waals surface area contributed by atoms with Crippen LogP contribution >= 0.6 is 0 Å². The van der Waals surface area contributed by atoms with E-state index >= 15 is 0 Å². The summed E-state index contributed by atoms with van der Waals surface area (Å²) >= 11 is 0. The van der Waals surface area contributed by atoms with Crippen LogP contribution in [0, 0.1) is 0 Å². The van der Waals surface area contributed by atoms with Crippen LogP contribution in [0.3, 0.4) is 0 Å². The van der Waals surface area contributed by atoms with E-state index in [2.05, 4.69) is 27.9 Å². The van der Waals surface area contributed by atoms with E-state index in [9.17, 15) is 0 Å². The average Bonchev–Trinajstić information content (AvgIpc) is 2.63. The minimum absolute atomic E-state index is 0.381. The zero-order valence-corrected chi connectivity index (χ0v) is 21.3. The maximum atomic E-state index is 5.63. The van der Waals surface area contributed by atoms with Crippen molar-refractivity contribution in [3.05, 3.63) is 0 Å². The molecule has 0 spiro atoms. The van der Waals surface area contributed by atoms with Gasteiger partial charge in [-0.15, -0.1) is 0 Å². The lowest BCUT2D eigenvalue weighted by molar-refractivity contribution is -0.903. The molecule has 0 bridgehead atoms. The highest BCUT2D eigenvalue weighted by atomic mass is 28.2. The van der Waals surface area contributed by atoms with Crippen LogP contribution in [0.2, 0.25) is 0 Å². The van der Waals surface area contributed by atoms with E-state index in [4.69, 9.17) is 4.43 Å². The summed E-state index contributed by atoms with van der Waals surface area (Å²) in [6.45, 7) is 5.89. The highest BCUT2D eigenvalue weighted by Gasteiger charge is 2.27. The summed E-state index contributed by atoms with van der Waals surface area (Å²) in [4.78, 5) is 0. The third-order valence-corrected chi connectivity index (χ3v) is 8.40. The molecule has 27 heavy (non-hydrogen) atoms. The van der Waals surface area contributed by atoms with Crippen molar-refractivity contribution in [2.45, 2.75) is 129 Å². The molecule has 1 atom stereocenters. The molecule has 0 aromatic rings. The quantitative estimate of drug-likeness (QED) is 0.117. The van der Waals surface area contributed by atoms with Gasteiger partial charge in [-0.25, -0.2) is 0 Å². The second kappa shape index (κ2) is 19.5. The van der Waals surface area contributed by atoms with Gasteiger partial charge < -0.3 is 8.91 Å². The normalized spacial score (nSPS) is 13.7. The molecule has 0 rings (SSSR count). The lowest BCUT2D eigenvalue weighted by atomic mass is 10.0. The Bertz CT molecular complexity index is 296. The first kappa shape index (κ1) is 27.1. The van der Waals surface area contributed by atoms with Crippen molar-refractivity contribution in [2.24, 2.45) is 0 Å². The first-order valence-corrected chi connectivity index (χ1v) is 13.8. The molecule has 0 radical (unpaired) electrons. The van der Waals surface area contributed by atoms with Crippen LogP contribution in [0.5, 0.6) is 0 Å². The van der Waals surface area contributed by atoms with E-state index in [0.29, 0.717) is 0 Å².